The van der Waals surface area contributed by atoms with Gasteiger partial charge in [-0.15, -0.1) is 0 Å². The van der Waals surface area contributed by atoms with E-state index in [0.29, 0.717) is 12.8 Å². The molecule has 0 spiro atoms. The van der Waals surface area contributed by atoms with E-state index in [0.717, 1.165) is 18.4 Å². The van der Waals surface area contributed by atoms with Crippen LogP contribution in [0, 0.1) is 5.41 Å². The van der Waals surface area contributed by atoms with Crippen molar-refractivity contribution < 1.29 is 19.4 Å². The summed E-state index contributed by atoms with van der Waals surface area (Å²) in [6.07, 6.45) is 1.70. The molecule has 1 aliphatic rings. The lowest BCUT2D eigenvalue weighted by molar-refractivity contribution is -0.147. The molecule has 0 aromatic heterocycles. The first-order chi connectivity index (χ1) is 10.3. The fraction of sp³-hybridized carbons (Fsp3) is 0.529. The predicted molar refractivity (Wildman–Crippen MR) is 82.4 cm³/mol. The molecule has 0 unspecified atom stereocenters. The van der Waals surface area contributed by atoms with Crippen LogP contribution in [0.1, 0.15) is 45.1 Å². The van der Waals surface area contributed by atoms with Gasteiger partial charge in [0.15, 0.2) is 0 Å². The minimum atomic E-state index is -1.21. The van der Waals surface area contributed by atoms with E-state index >= 15 is 0 Å². The number of aliphatic carboxylic acids is 1. The summed E-state index contributed by atoms with van der Waals surface area (Å²) in [5.41, 5.74) is -0.218. The molecule has 0 bridgehead atoms. The fourth-order valence-electron chi connectivity index (χ4n) is 2.70. The van der Waals surface area contributed by atoms with Crippen molar-refractivity contribution >= 4 is 12.1 Å². The molecule has 0 atom stereocenters. The van der Waals surface area contributed by atoms with Gasteiger partial charge in [0.1, 0.15) is 12.1 Å². The summed E-state index contributed by atoms with van der Waals surface area (Å²) in [7, 11) is 0. The Labute approximate surface area is 130 Å². The Morgan fingerprint density at radius 3 is 2.27 bits per heavy atom. The van der Waals surface area contributed by atoms with Crippen LogP contribution in [0.25, 0.3) is 0 Å². The molecule has 1 aliphatic carbocycles. The molecule has 0 saturated heterocycles. The van der Waals surface area contributed by atoms with Gasteiger partial charge < -0.3 is 15.2 Å². The average Bonchev–Trinajstić information content (AvgIpc) is 2.48. The molecule has 1 aromatic rings. The second-order valence-electron chi connectivity index (χ2n) is 6.74. The van der Waals surface area contributed by atoms with Gasteiger partial charge in [-0.05, 0) is 36.7 Å². The topological polar surface area (TPSA) is 75.6 Å². The zero-order chi connectivity index (χ0) is 16.2. The Morgan fingerprint density at radius 1 is 1.14 bits per heavy atom. The van der Waals surface area contributed by atoms with Crippen LogP contribution >= 0.6 is 0 Å². The second kappa shape index (κ2) is 6.38. The summed E-state index contributed by atoms with van der Waals surface area (Å²) in [5.74, 6) is -0.986. The third kappa shape index (κ3) is 4.00. The van der Waals surface area contributed by atoms with E-state index in [1.54, 1.807) is 0 Å². The molecule has 1 amide bonds. The van der Waals surface area contributed by atoms with Gasteiger partial charge in [0, 0.05) is 0 Å². The summed E-state index contributed by atoms with van der Waals surface area (Å²) in [6.45, 7) is 4.37. The fourth-order valence-corrected chi connectivity index (χ4v) is 2.70. The smallest absolute Gasteiger partial charge is 0.408 e. The molecule has 0 aliphatic heterocycles. The third-order valence-corrected chi connectivity index (χ3v) is 4.42. The molecular weight excluding hydrogens is 282 g/mol. The van der Waals surface area contributed by atoms with Gasteiger partial charge in [0.25, 0.3) is 0 Å². The molecule has 0 radical (unpaired) electrons. The molecule has 120 valence electrons. The first kappa shape index (κ1) is 16.3. The highest BCUT2D eigenvalue weighted by molar-refractivity contribution is 5.84. The lowest BCUT2D eigenvalue weighted by Crippen LogP contribution is -2.57. The lowest BCUT2D eigenvalue weighted by Gasteiger charge is -2.40. The maximum absolute atomic E-state index is 12.0. The number of carboxylic acids is 1. The molecule has 1 fully saturated rings. The molecule has 5 heteroatoms. The number of carbonyl (C=O) groups excluding carboxylic acids is 1. The molecule has 22 heavy (non-hydrogen) atoms. The maximum atomic E-state index is 12.0. The SMILES string of the molecule is CC1(C)CCC(NC(=O)OCc2ccccc2)(C(=O)O)CC1. The van der Waals surface area contributed by atoms with Crippen molar-refractivity contribution in [1.29, 1.82) is 0 Å². The third-order valence-electron chi connectivity index (χ3n) is 4.42. The molecule has 1 aromatic carbocycles. The monoisotopic (exact) mass is 305 g/mol. The Hall–Kier alpha value is -2.04. The van der Waals surface area contributed by atoms with Gasteiger partial charge in [-0.2, -0.15) is 0 Å². The number of carboxylic acid groups (broad SMARTS) is 1. The zero-order valence-corrected chi connectivity index (χ0v) is 13.1. The van der Waals surface area contributed by atoms with Crippen molar-refractivity contribution in [2.24, 2.45) is 5.41 Å². The molecule has 0 heterocycles. The quantitative estimate of drug-likeness (QED) is 0.894. The average molecular weight is 305 g/mol. The van der Waals surface area contributed by atoms with Crippen molar-refractivity contribution in [3.8, 4) is 0 Å². The van der Waals surface area contributed by atoms with E-state index in [-0.39, 0.29) is 12.0 Å². The first-order valence-electron chi connectivity index (χ1n) is 7.55. The predicted octanol–water partition coefficient (Wildman–Crippen LogP) is 3.34. The van der Waals surface area contributed by atoms with E-state index in [1.165, 1.54) is 0 Å². The Bertz CT molecular complexity index is 529. The Balaban J connectivity index is 1.94. The molecular formula is C17H23NO4. The van der Waals surface area contributed by atoms with E-state index in [4.69, 9.17) is 4.74 Å². The van der Waals surface area contributed by atoms with Crippen molar-refractivity contribution in [1.82, 2.24) is 5.32 Å². The summed E-state index contributed by atoms with van der Waals surface area (Å²) in [5, 5.41) is 12.1. The molecule has 2 rings (SSSR count). The van der Waals surface area contributed by atoms with Gasteiger partial charge in [-0.25, -0.2) is 9.59 Å². The van der Waals surface area contributed by atoms with Gasteiger partial charge in [-0.3, -0.25) is 0 Å². The van der Waals surface area contributed by atoms with Crippen LogP contribution in [-0.2, 0) is 16.1 Å². The summed E-state index contributed by atoms with van der Waals surface area (Å²) in [4.78, 5) is 23.6. The largest absolute Gasteiger partial charge is 0.480 e. The molecule has 2 N–H and O–H groups in total. The maximum Gasteiger partial charge on any atom is 0.408 e. The van der Waals surface area contributed by atoms with Crippen molar-refractivity contribution in [2.75, 3.05) is 0 Å². The Morgan fingerprint density at radius 2 is 1.73 bits per heavy atom. The number of nitrogens with one attached hydrogen (secondary N) is 1. The number of amides is 1. The van der Waals surface area contributed by atoms with Gasteiger partial charge in [-0.1, -0.05) is 44.2 Å². The highest BCUT2D eigenvalue weighted by Gasteiger charge is 2.45. The van der Waals surface area contributed by atoms with E-state index in [9.17, 15) is 14.7 Å². The summed E-state index contributed by atoms with van der Waals surface area (Å²) >= 11 is 0. The van der Waals surface area contributed by atoms with Crippen LogP contribution in [0.5, 0.6) is 0 Å². The standard InChI is InChI=1S/C17H23NO4/c1-16(2)8-10-17(11-9-16,14(19)20)18-15(21)22-12-13-6-4-3-5-7-13/h3-7H,8-12H2,1-2H3,(H,18,21)(H,19,20). The second-order valence-corrected chi connectivity index (χ2v) is 6.74. The highest BCUT2D eigenvalue weighted by atomic mass is 16.5. The Kier molecular flexibility index (Phi) is 4.74. The van der Waals surface area contributed by atoms with E-state index in [1.807, 2.05) is 30.3 Å². The number of carbonyl (C=O) groups is 2. The van der Waals surface area contributed by atoms with Crippen molar-refractivity contribution in [2.45, 2.75) is 51.7 Å². The van der Waals surface area contributed by atoms with Crippen LogP contribution in [-0.4, -0.2) is 22.7 Å². The normalized spacial score (nSPS) is 19.2. The minimum absolute atomic E-state index is 0.120. The summed E-state index contributed by atoms with van der Waals surface area (Å²) in [6, 6.07) is 9.30. The van der Waals surface area contributed by atoms with Gasteiger partial charge in [0.2, 0.25) is 0 Å². The number of hydrogen-bond donors (Lipinski definition) is 2. The van der Waals surface area contributed by atoms with Crippen LogP contribution in [0.4, 0.5) is 4.79 Å². The van der Waals surface area contributed by atoms with Crippen LogP contribution in [0.15, 0.2) is 30.3 Å². The molecule has 5 nitrogen and oxygen atoms in total. The van der Waals surface area contributed by atoms with E-state index < -0.39 is 17.6 Å². The number of rotatable bonds is 4. The van der Waals surface area contributed by atoms with Crippen LogP contribution in [0.2, 0.25) is 0 Å². The van der Waals surface area contributed by atoms with Gasteiger partial charge >= 0.3 is 12.1 Å². The number of benzene rings is 1. The first-order valence-corrected chi connectivity index (χ1v) is 7.55. The lowest BCUT2D eigenvalue weighted by atomic mass is 9.69. The van der Waals surface area contributed by atoms with Crippen molar-refractivity contribution in [3.05, 3.63) is 35.9 Å². The van der Waals surface area contributed by atoms with Crippen LogP contribution in [0.3, 0.4) is 0 Å². The van der Waals surface area contributed by atoms with E-state index in [2.05, 4.69) is 19.2 Å². The zero-order valence-electron chi connectivity index (χ0n) is 13.1. The number of hydrogen-bond acceptors (Lipinski definition) is 3. The van der Waals surface area contributed by atoms with Gasteiger partial charge in [0.05, 0.1) is 0 Å². The highest BCUT2D eigenvalue weighted by Crippen LogP contribution is 2.40. The van der Waals surface area contributed by atoms with Crippen molar-refractivity contribution in [3.63, 3.8) is 0 Å². The van der Waals surface area contributed by atoms with Crippen LogP contribution < -0.4 is 5.32 Å². The summed E-state index contributed by atoms with van der Waals surface area (Å²) < 4.78 is 5.14. The number of alkyl carbamates (subject to hydrolysis) is 1. The minimum Gasteiger partial charge on any atom is -0.480 e. The number of ether oxygens (including phenoxy) is 1. The molecule has 1 saturated carbocycles.